The highest BCUT2D eigenvalue weighted by atomic mass is 19.2. The molecule has 18 nitrogen and oxygen atoms in total. The van der Waals surface area contributed by atoms with Gasteiger partial charge in [-0.25, -0.2) is 42.3 Å². The number of halogens is 4. The highest BCUT2D eigenvalue weighted by Crippen LogP contribution is 2.30. The second-order valence-corrected chi connectivity index (χ2v) is 16.9. The van der Waals surface area contributed by atoms with E-state index >= 15 is 0 Å². The molecule has 0 aliphatic rings. The van der Waals surface area contributed by atoms with Crippen molar-refractivity contribution in [2.24, 2.45) is 5.73 Å². The van der Waals surface area contributed by atoms with Crippen LogP contribution in [0, 0.1) is 23.3 Å². The summed E-state index contributed by atoms with van der Waals surface area (Å²) in [5.74, 6) is -7.40. The fourth-order valence-electron chi connectivity index (χ4n) is 8.16. The SMILES string of the molecule is NC(=O)c1cc(-c2c[nH]c3ncccc23)cc(CNC(=O)c2cccn(Cc3ccc(F)c(F)c3)c2=O)n1.O=C(O)c1cc(-c2c[nH]c3ncccc23)cc(CNC(=O)c2cccn(Cc3ccc(F)c(F)c3)c2=O)n1. The van der Waals surface area contributed by atoms with Gasteiger partial charge in [-0.3, -0.25) is 24.0 Å². The number of carboxylic acid groups (broad SMARTS) is 1. The number of hydrogen-bond donors (Lipinski definition) is 6. The van der Waals surface area contributed by atoms with E-state index in [9.17, 15) is 51.4 Å². The predicted molar refractivity (Wildman–Crippen MR) is 269 cm³/mol. The molecule has 0 aliphatic carbocycles. The number of carbonyl (C=O) groups excluding carboxylic acids is 3. The fourth-order valence-corrected chi connectivity index (χ4v) is 8.16. The van der Waals surface area contributed by atoms with Gasteiger partial charge in [0.1, 0.15) is 33.8 Å². The van der Waals surface area contributed by atoms with Gasteiger partial charge in [-0.1, -0.05) is 12.1 Å². The lowest BCUT2D eigenvalue weighted by atomic mass is 10.0. The Morgan fingerprint density at radius 2 is 1.01 bits per heavy atom. The van der Waals surface area contributed by atoms with Gasteiger partial charge < -0.3 is 40.6 Å². The average Bonchev–Trinajstić information content (AvgIpc) is 4.07. The van der Waals surface area contributed by atoms with Gasteiger partial charge in [0, 0.05) is 59.1 Å². The first-order valence-electron chi connectivity index (χ1n) is 22.8. The summed E-state index contributed by atoms with van der Waals surface area (Å²) < 4.78 is 56.0. The topological polar surface area (TPSA) is 266 Å². The number of H-pyrrole nitrogens is 2. The molecule has 0 atom stereocenters. The number of amides is 3. The Hall–Kier alpha value is -10.4. The van der Waals surface area contributed by atoms with Crippen LogP contribution < -0.4 is 27.5 Å². The highest BCUT2D eigenvalue weighted by molar-refractivity contribution is 5.98. The van der Waals surface area contributed by atoms with Crippen molar-refractivity contribution in [3.8, 4) is 22.3 Å². The summed E-state index contributed by atoms with van der Waals surface area (Å²) in [6, 6.07) is 25.9. The largest absolute Gasteiger partial charge is 0.477 e. The van der Waals surface area contributed by atoms with E-state index in [4.69, 9.17) is 5.73 Å². The molecule has 0 saturated carbocycles. The van der Waals surface area contributed by atoms with Crippen LogP contribution in [0.2, 0.25) is 0 Å². The van der Waals surface area contributed by atoms with Gasteiger partial charge in [-0.05, 0) is 119 Å². The zero-order valence-electron chi connectivity index (χ0n) is 39.4. The summed E-state index contributed by atoms with van der Waals surface area (Å²) >= 11 is 0. The Labute approximate surface area is 425 Å². The Morgan fingerprint density at radius 3 is 1.45 bits per heavy atom. The van der Waals surface area contributed by atoms with E-state index in [2.05, 4.69) is 40.5 Å². The minimum Gasteiger partial charge on any atom is -0.477 e. The average molecular weight is 1030 g/mol. The Kier molecular flexibility index (Phi) is 14.5. The molecule has 7 N–H and O–H groups in total. The minimum absolute atomic E-state index is 0.0126. The molecule has 0 unspecified atom stereocenters. The summed E-state index contributed by atoms with van der Waals surface area (Å²) in [4.78, 5) is 98.1. The molecule has 0 spiro atoms. The molecule has 76 heavy (non-hydrogen) atoms. The smallest absolute Gasteiger partial charge is 0.354 e. The van der Waals surface area contributed by atoms with E-state index in [-0.39, 0.29) is 54.4 Å². The molecular formula is C54H39F4N11O7. The standard InChI is InChI=1S/C27H20F2N6O3.C27H19F2N5O4/c28-21-6-5-15(9-22(21)29)14-35-8-2-4-19(27(35)38)26(37)33-12-17-10-16(11-23(34-17)24(30)36)20-13-32-25-18(20)3-1-7-31-25;28-21-6-5-15(9-22(21)29)14-34-8-2-4-19(26(34)36)25(35)32-12-17-10-16(11-23(33-17)27(37)38)20-13-31-24-18(20)3-1-7-30-24/h1-11,13H,12,14H2,(H2,30,36)(H,31,32)(H,33,37);1-11,13H,12,14H2,(H,30,31)(H,32,35)(H,37,38). The molecule has 380 valence electrons. The lowest BCUT2D eigenvalue weighted by Crippen LogP contribution is -2.33. The van der Waals surface area contributed by atoms with Crippen molar-refractivity contribution < 1.29 is 41.8 Å². The normalized spacial score (nSPS) is 11.0. The van der Waals surface area contributed by atoms with Crippen molar-refractivity contribution in [3.05, 3.63) is 235 Å². The van der Waals surface area contributed by atoms with Gasteiger partial charge >= 0.3 is 5.97 Å². The first-order valence-corrected chi connectivity index (χ1v) is 22.8. The van der Waals surface area contributed by atoms with Crippen LogP contribution in [0.4, 0.5) is 17.6 Å². The second-order valence-electron chi connectivity index (χ2n) is 16.9. The molecule has 3 amide bonds. The van der Waals surface area contributed by atoms with E-state index in [0.29, 0.717) is 44.8 Å². The monoisotopic (exact) mass is 1030 g/mol. The number of pyridine rings is 6. The van der Waals surface area contributed by atoms with E-state index in [1.807, 2.05) is 12.1 Å². The van der Waals surface area contributed by atoms with Crippen molar-refractivity contribution in [3.63, 3.8) is 0 Å². The number of aromatic carboxylic acids is 1. The first-order chi connectivity index (χ1) is 36.6. The molecule has 0 saturated heterocycles. The van der Waals surface area contributed by atoms with Crippen LogP contribution in [0.15, 0.2) is 156 Å². The van der Waals surface area contributed by atoms with Crippen molar-refractivity contribution in [1.82, 2.24) is 49.7 Å². The number of nitrogens with zero attached hydrogens (tertiary/aromatic N) is 6. The molecule has 0 radical (unpaired) electrons. The first kappa shape index (κ1) is 50.6. The number of carbonyl (C=O) groups is 4. The third kappa shape index (κ3) is 11.1. The Bertz CT molecular complexity index is 3780. The summed E-state index contributed by atoms with van der Waals surface area (Å²) in [7, 11) is 0. The molecule has 8 aromatic heterocycles. The van der Waals surface area contributed by atoms with Crippen molar-refractivity contribution >= 4 is 45.8 Å². The number of nitrogens with two attached hydrogens (primary N) is 1. The minimum atomic E-state index is -1.24. The summed E-state index contributed by atoms with van der Waals surface area (Å²) in [5.41, 5.74) is 9.04. The number of aromatic amines is 2. The maximum absolute atomic E-state index is 13.6. The molecule has 10 rings (SSSR count). The zero-order valence-corrected chi connectivity index (χ0v) is 39.4. The van der Waals surface area contributed by atoms with Gasteiger partial charge in [0.05, 0.1) is 37.6 Å². The maximum Gasteiger partial charge on any atom is 0.354 e. The highest BCUT2D eigenvalue weighted by Gasteiger charge is 2.19. The number of hydrogen-bond acceptors (Lipinski definition) is 10. The number of aromatic nitrogens is 8. The molecular weight excluding hydrogens is 991 g/mol. The summed E-state index contributed by atoms with van der Waals surface area (Å²) in [6.45, 7) is -0.361. The lowest BCUT2D eigenvalue weighted by molar-refractivity contribution is 0.0689. The van der Waals surface area contributed by atoms with Crippen LogP contribution in [-0.4, -0.2) is 67.8 Å². The number of carboxylic acids is 1. The predicted octanol–water partition coefficient (Wildman–Crippen LogP) is 6.88. The van der Waals surface area contributed by atoms with Crippen LogP contribution in [0.1, 0.15) is 64.2 Å². The van der Waals surface area contributed by atoms with Crippen LogP contribution in [0.5, 0.6) is 0 Å². The summed E-state index contributed by atoms with van der Waals surface area (Å²) in [6.07, 6.45) is 9.62. The number of rotatable bonds is 14. The second kappa shape index (κ2) is 21.8. The molecule has 0 fully saturated rings. The molecule has 22 heteroatoms. The Morgan fingerprint density at radius 1 is 0.566 bits per heavy atom. The molecule has 10 aromatic rings. The van der Waals surface area contributed by atoms with E-state index < -0.39 is 58.1 Å². The molecule has 0 aliphatic heterocycles. The fraction of sp³-hybridized carbons (Fsp3) is 0.0741. The number of benzene rings is 2. The van der Waals surface area contributed by atoms with Crippen molar-refractivity contribution in [2.75, 3.05) is 0 Å². The van der Waals surface area contributed by atoms with Gasteiger partial charge in [0.15, 0.2) is 23.3 Å². The quantitative estimate of drug-likeness (QED) is 0.0611. The molecule has 0 bridgehead atoms. The van der Waals surface area contributed by atoms with Crippen LogP contribution in [-0.2, 0) is 26.2 Å². The third-order valence-electron chi connectivity index (χ3n) is 11.8. The van der Waals surface area contributed by atoms with Crippen LogP contribution >= 0.6 is 0 Å². The number of fused-ring (bicyclic) bond motifs is 2. The Balaban J connectivity index is 0.000000186. The van der Waals surface area contributed by atoms with Gasteiger partial charge in [-0.15, -0.1) is 0 Å². The van der Waals surface area contributed by atoms with Crippen LogP contribution in [0.25, 0.3) is 44.3 Å². The van der Waals surface area contributed by atoms with E-state index in [0.717, 1.165) is 40.6 Å². The third-order valence-corrected chi connectivity index (χ3v) is 11.8. The molecule has 2 aromatic carbocycles. The van der Waals surface area contributed by atoms with Crippen molar-refractivity contribution in [2.45, 2.75) is 26.2 Å². The molecule has 8 heterocycles. The summed E-state index contributed by atoms with van der Waals surface area (Å²) in [5, 5.41) is 16.4. The van der Waals surface area contributed by atoms with E-state index in [1.165, 1.54) is 64.0 Å². The van der Waals surface area contributed by atoms with Gasteiger partial charge in [0.25, 0.3) is 28.8 Å². The van der Waals surface area contributed by atoms with Crippen LogP contribution in [0.3, 0.4) is 0 Å². The van der Waals surface area contributed by atoms with Gasteiger partial charge in [0.2, 0.25) is 0 Å². The zero-order chi connectivity index (χ0) is 53.6. The van der Waals surface area contributed by atoms with Crippen molar-refractivity contribution in [1.29, 1.82) is 0 Å². The number of nitrogens with one attached hydrogen (secondary N) is 4. The number of primary amides is 1. The maximum atomic E-state index is 13.6. The van der Waals surface area contributed by atoms with Gasteiger partial charge in [-0.2, -0.15) is 0 Å². The van der Waals surface area contributed by atoms with E-state index in [1.54, 1.807) is 55.1 Å². The lowest BCUT2D eigenvalue weighted by Gasteiger charge is -2.10.